The molecule has 204 valence electrons. The van der Waals surface area contributed by atoms with Crippen molar-refractivity contribution in [2.24, 2.45) is 0 Å². The number of hydrogen-bond acceptors (Lipinski definition) is 9. The molecule has 0 saturated heterocycles. The van der Waals surface area contributed by atoms with E-state index in [-0.39, 0.29) is 17.0 Å². The van der Waals surface area contributed by atoms with Gasteiger partial charge in [0.1, 0.15) is 6.29 Å². The molecule has 0 bridgehead atoms. The molecule has 4 aromatic rings. The summed E-state index contributed by atoms with van der Waals surface area (Å²) in [7, 11) is 3.45. The third-order valence-electron chi connectivity index (χ3n) is 5.82. The molecule has 0 aliphatic carbocycles. The summed E-state index contributed by atoms with van der Waals surface area (Å²) >= 11 is 5.66. The summed E-state index contributed by atoms with van der Waals surface area (Å²) in [6, 6.07) is 17.3. The van der Waals surface area contributed by atoms with Crippen LogP contribution in [-0.2, 0) is 5.41 Å². The third kappa shape index (κ3) is 7.06. The number of fused-ring (bicyclic) bond motifs is 1. The summed E-state index contributed by atoms with van der Waals surface area (Å²) in [5.74, 6) is 0.381. The van der Waals surface area contributed by atoms with E-state index in [0.717, 1.165) is 21.3 Å². The van der Waals surface area contributed by atoms with Crippen LogP contribution in [0.2, 0.25) is 0 Å². The van der Waals surface area contributed by atoms with Gasteiger partial charge in [0, 0.05) is 40.5 Å². The molecule has 0 unspecified atom stereocenters. The Labute approximate surface area is 236 Å². The molecular weight excluding hydrogens is 536 g/mol. The number of rotatable bonds is 7. The maximum atomic E-state index is 13.0. The zero-order valence-corrected chi connectivity index (χ0v) is 23.9. The summed E-state index contributed by atoms with van der Waals surface area (Å²) in [4.78, 5) is 33.4. The van der Waals surface area contributed by atoms with E-state index in [1.807, 2.05) is 43.4 Å². The van der Waals surface area contributed by atoms with Crippen molar-refractivity contribution in [2.75, 3.05) is 29.5 Å². The number of nitrogens with zero attached hydrogens (tertiary/aromatic N) is 1. The Morgan fingerprint density at radius 1 is 1.05 bits per heavy atom. The lowest BCUT2D eigenvalue weighted by Crippen LogP contribution is -2.15. The maximum Gasteiger partial charge on any atom is 0.269 e. The minimum Gasteiger partial charge on any atom is -0.492 e. The Morgan fingerprint density at radius 3 is 2.26 bits per heavy atom. The van der Waals surface area contributed by atoms with E-state index in [1.165, 1.54) is 35.6 Å². The molecule has 1 aromatic heterocycles. The average Bonchev–Trinajstić information content (AvgIpc) is 3.37. The highest BCUT2D eigenvalue weighted by Crippen LogP contribution is 2.39. The number of ether oxygens (including phenoxy) is 1. The largest absolute Gasteiger partial charge is 0.492 e. The molecule has 39 heavy (non-hydrogen) atoms. The number of non-ortho nitro benzene ring substituents is 1. The van der Waals surface area contributed by atoms with Gasteiger partial charge in [-0.1, -0.05) is 39.7 Å². The molecule has 0 aliphatic heterocycles. The number of aldehydes is 1. The van der Waals surface area contributed by atoms with Crippen molar-refractivity contribution in [3.05, 3.63) is 86.8 Å². The monoisotopic (exact) mass is 566 g/mol. The lowest BCUT2D eigenvalue weighted by atomic mass is 9.86. The smallest absolute Gasteiger partial charge is 0.269 e. The standard InChI is InChI=1S/C21H25N3O2S2.C7H5NO3/c1-21(2,3)12-9-15(19(26-5)16(10-12)24-27)23-20(25)18-11-13-14(22-4)7-6-8-17(13)28-18;9-5-6-1-3-7(4-2-6)8(10)11/h6-11,22,24,27H,1-5H3,(H,23,25);1-5H. The number of anilines is 3. The Hall–Kier alpha value is -4.09. The van der Waals surface area contributed by atoms with E-state index < -0.39 is 4.92 Å². The fraction of sp³-hybridized carbons (Fsp3) is 0.214. The SMILES string of the molecule is CNc1cccc2sc(C(=O)Nc3cc(C(C)(C)C)cc(NS)c3OC)cc12.O=Cc1ccc([N+](=O)[O-])cc1. The summed E-state index contributed by atoms with van der Waals surface area (Å²) < 4.78 is 9.46. The second-order valence-electron chi connectivity index (χ2n) is 9.47. The van der Waals surface area contributed by atoms with Crippen molar-refractivity contribution in [1.82, 2.24) is 0 Å². The molecule has 0 aliphatic rings. The van der Waals surface area contributed by atoms with Crippen LogP contribution in [-0.4, -0.2) is 31.3 Å². The fourth-order valence-electron chi connectivity index (χ4n) is 3.71. The number of thiophene rings is 1. The number of nitro groups is 1. The summed E-state index contributed by atoms with van der Waals surface area (Å²) in [5.41, 5.74) is 3.73. The van der Waals surface area contributed by atoms with E-state index in [4.69, 9.17) is 4.74 Å². The molecule has 0 spiro atoms. The highest BCUT2D eigenvalue weighted by Gasteiger charge is 2.21. The highest BCUT2D eigenvalue weighted by atomic mass is 32.1. The van der Waals surface area contributed by atoms with Gasteiger partial charge in [0.2, 0.25) is 0 Å². The van der Waals surface area contributed by atoms with Gasteiger partial charge in [-0.15, -0.1) is 11.3 Å². The minimum atomic E-state index is -0.505. The lowest BCUT2D eigenvalue weighted by molar-refractivity contribution is -0.384. The number of hydrogen-bond donors (Lipinski definition) is 4. The fourth-order valence-corrected chi connectivity index (χ4v) is 4.86. The molecule has 9 nitrogen and oxygen atoms in total. The number of nitro benzene ring substituents is 1. The van der Waals surface area contributed by atoms with Crippen LogP contribution in [0.15, 0.2) is 60.7 Å². The van der Waals surface area contributed by atoms with Gasteiger partial charge in [0.25, 0.3) is 11.6 Å². The number of methoxy groups -OCH3 is 1. The molecule has 0 atom stereocenters. The number of carbonyl (C=O) groups excluding carboxylic acids is 2. The van der Waals surface area contributed by atoms with Crippen LogP contribution in [0.4, 0.5) is 22.7 Å². The number of benzene rings is 3. The van der Waals surface area contributed by atoms with Crippen molar-refractivity contribution < 1.29 is 19.2 Å². The van der Waals surface area contributed by atoms with Gasteiger partial charge < -0.3 is 20.1 Å². The van der Waals surface area contributed by atoms with E-state index in [9.17, 15) is 19.7 Å². The van der Waals surface area contributed by atoms with Crippen LogP contribution in [0.25, 0.3) is 10.1 Å². The molecule has 0 radical (unpaired) electrons. The van der Waals surface area contributed by atoms with Gasteiger partial charge >= 0.3 is 0 Å². The first kappa shape index (κ1) is 29.5. The number of nitrogens with one attached hydrogen (secondary N) is 3. The highest BCUT2D eigenvalue weighted by molar-refractivity contribution is 7.81. The number of amides is 1. The van der Waals surface area contributed by atoms with Gasteiger partial charge in [-0.25, -0.2) is 0 Å². The normalized spacial score (nSPS) is 10.7. The first-order chi connectivity index (χ1) is 18.5. The van der Waals surface area contributed by atoms with Crippen LogP contribution < -0.4 is 20.1 Å². The van der Waals surface area contributed by atoms with Crippen molar-refractivity contribution >= 4 is 69.2 Å². The molecule has 11 heteroatoms. The quantitative estimate of drug-likeness (QED) is 0.0810. The predicted octanol–water partition coefficient (Wildman–Crippen LogP) is 7.17. The summed E-state index contributed by atoms with van der Waals surface area (Å²) in [6.07, 6.45) is 0.643. The molecule has 0 saturated carbocycles. The molecular formula is C28H30N4O5S2. The topological polar surface area (TPSA) is 123 Å². The number of carbonyl (C=O) groups is 2. The Kier molecular flexibility index (Phi) is 9.55. The average molecular weight is 567 g/mol. The van der Waals surface area contributed by atoms with Gasteiger partial charge in [-0.3, -0.25) is 19.7 Å². The lowest BCUT2D eigenvalue weighted by Gasteiger charge is -2.23. The first-order valence-electron chi connectivity index (χ1n) is 11.9. The van der Waals surface area contributed by atoms with Gasteiger partial charge in [0.05, 0.1) is 28.3 Å². The van der Waals surface area contributed by atoms with Crippen LogP contribution in [0.1, 0.15) is 46.4 Å². The van der Waals surface area contributed by atoms with Crippen LogP contribution in [0.3, 0.4) is 0 Å². The van der Waals surface area contributed by atoms with Crippen molar-refractivity contribution in [2.45, 2.75) is 26.2 Å². The van der Waals surface area contributed by atoms with Gasteiger partial charge in [-0.05, 0) is 53.4 Å². The van der Waals surface area contributed by atoms with E-state index in [1.54, 1.807) is 7.11 Å². The van der Waals surface area contributed by atoms with Crippen molar-refractivity contribution in [1.29, 1.82) is 0 Å². The molecule has 3 aromatic carbocycles. The molecule has 1 heterocycles. The minimum absolute atomic E-state index is 0.00407. The molecule has 3 N–H and O–H groups in total. The first-order valence-corrected chi connectivity index (χ1v) is 13.1. The van der Waals surface area contributed by atoms with Crippen LogP contribution in [0, 0.1) is 10.1 Å². The summed E-state index contributed by atoms with van der Waals surface area (Å²) in [5, 5.41) is 17.3. The molecule has 4 rings (SSSR count). The second-order valence-corrected chi connectivity index (χ2v) is 10.8. The second kappa shape index (κ2) is 12.6. The number of thiol groups is 1. The van der Waals surface area contributed by atoms with Gasteiger partial charge in [0.15, 0.2) is 5.75 Å². The van der Waals surface area contributed by atoms with E-state index in [0.29, 0.717) is 33.9 Å². The zero-order valence-electron chi connectivity index (χ0n) is 22.2. The molecule has 0 fully saturated rings. The summed E-state index contributed by atoms with van der Waals surface area (Å²) in [6.45, 7) is 6.36. The Bertz CT molecular complexity index is 1490. The van der Waals surface area contributed by atoms with Crippen molar-refractivity contribution in [3.8, 4) is 5.75 Å². The third-order valence-corrected chi connectivity index (χ3v) is 7.16. The van der Waals surface area contributed by atoms with Gasteiger partial charge in [-0.2, -0.15) is 0 Å². The van der Waals surface area contributed by atoms with E-state index >= 15 is 0 Å². The van der Waals surface area contributed by atoms with E-state index in [2.05, 4.69) is 48.9 Å². The predicted molar refractivity (Wildman–Crippen MR) is 162 cm³/mol. The molecule has 1 amide bonds. The Morgan fingerprint density at radius 2 is 1.72 bits per heavy atom. The van der Waals surface area contributed by atoms with Crippen LogP contribution >= 0.6 is 24.2 Å². The Balaban J connectivity index is 0.000000320. The zero-order chi connectivity index (χ0) is 28.7. The van der Waals surface area contributed by atoms with Crippen LogP contribution in [0.5, 0.6) is 5.75 Å². The van der Waals surface area contributed by atoms with Crippen molar-refractivity contribution in [3.63, 3.8) is 0 Å². The maximum absolute atomic E-state index is 13.0.